The Kier molecular flexibility index (Phi) is 3.22. The number of pyridine rings is 2. The van der Waals surface area contributed by atoms with E-state index in [1.54, 1.807) is 5.31 Å². The van der Waals surface area contributed by atoms with E-state index in [0.717, 1.165) is 60.4 Å². The predicted molar refractivity (Wildman–Crippen MR) is 80.0 cm³/mol. The van der Waals surface area contributed by atoms with E-state index in [0.29, 0.717) is 0 Å². The second-order valence-corrected chi connectivity index (χ2v) is 5.39. The van der Waals surface area contributed by atoms with E-state index in [-0.39, 0.29) is 5.56 Å². The molecule has 0 saturated carbocycles. The molecule has 1 saturated heterocycles. The molecule has 5 nitrogen and oxygen atoms in total. The molecule has 1 aliphatic rings. The molecule has 0 aromatic carbocycles. The first-order valence-corrected chi connectivity index (χ1v) is 6.99. The number of fused-ring (bicyclic) bond motifs is 1. The van der Waals surface area contributed by atoms with Gasteiger partial charge in [0.2, 0.25) is 0 Å². The maximum Gasteiger partial charge on any atom is 0.251 e. The fourth-order valence-corrected chi connectivity index (χ4v) is 2.62. The maximum absolute atomic E-state index is 11.9. The smallest absolute Gasteiger partial charge is 0.251 e. The van der Waals surface area contributed by atoms with Crippen molar-refractivity contribution in [1.82, 2.24) is 20.2 Å². The van der Waals surface area contributed by atoms with Crippen molar-refractivity contribution < 1.29 is 1.41 Å². The van der Waals surface area contributed by atoms with Gasteiger partial charge in [-0.2, -0.15) is 0 Å². The Morgan fingerprint density at radius 1 is 1.35 bits per heavy atom. The number of aromatic nitrogens is 2. The average molecular weight is 273 g/mol. The molecule has 0 spiro atoms. The first kappa shape index (κ1) is 12.1. The maximum atomic E-state index is 11.9. The van der Waals surface area contributed by atoms with Crippen molar-refractivity contribution in [3.63, 3.8) is 0 Å². The summed E-state index contributed by atoms with van der Waals surface area (Å²) in [7, 11) is 0. The molecular weight excluding hydrogens is 252 g/mol. The Morgan fingerprint density at radius 2 is 2.10 bits per heavy atom. The number of aromatic amines is 1. The average Bonchev–Trinajstić information content (AvgIpc) is 2.47. The van der Waals surface area contributed by atoms with Crippen LogP contribution in [0.2, 0.25) is 1.41 Å². The zero-order valence-corrected chi connectivity index (χ0v) is 11.9. The van der Waals surface area contributed by atoms with Gasteiger partial charge in [0, 0.05) is 44.5 Å². The van der Waals surface area contributed by atoms with Gasteiger partial charge in [-0.15, -0.1) is 0 Å². The Hall–Kier alpha value is -1.72. The third kappa shape index (κ3) is 2.46. The molecule has 2 N–H and O–H groups in total. The van der Waals surface area contributed by atoms with Crippen LogP contribution in [0, 0.1) is 13.8 Å². The van der Waals surface area contributed by atoms with Gasteiger partial charge in [0.1, 0.15) is 1.41 Å². The monoisotopic (exact) mass is 273 g/mol. The van der Waals surface area contributed by atoms with Gasteiger partial charge in [0.05, 0.1) is 11.0 Å². The van der Waals surface area contributed by atoms with Gasteiger partial charge >= 0.3 is 0 Å². The predicted octanol–water partition coefficient (Wildman–Crippen LogP) is 0.945. The highest BCUT2D eigenvalue weighted by atomic mass is 16.1. The number of aryl methyl sites for hydroxylation is 1. The molecule has 0 aliphatic carbocycles. The molecule has 0 bridgehead atoms. The van der Waals surface area contributed by atoms with Gasteiger partial charge in [-0.3, -0.25) is 14.7 Å². The number of nitrogens with zero attached hydrogens (tertiary/aromatic N) is 2. The van der Waals surface area contributed by atoms with E-state index >= 15 is 0 Å². The molecule has 0 amide bonds. The summed E-state index contributed by atoms with van der Waals surface area (Å²) >= 11 is 0. The molecule has 2 aromatic heterocycles. The van der Waals surface area contributed by atoms with E-state index in [9.17, 15) is 4.79 Å². The van der Waals surface area contributed by atoms with E-state index in [4.69, 9.17) is 1.41 Å². The lowest BCUT2D eigenvalue weighted by Crippen LogP contribution is -2.42. The van der Waals surface area contributed by atoms with Gasteiger partial charge < -0.3 is 10.3 Å². The van der Waals surface area contributed by atoms with Crippen molar-refractivity contribution in [2.45, 2.75) is 20.4 Å². The highest BCUT2D eigenvalue weighted by Crippen LogP contribution is 2.16. The van der Waals surface area contributed by atoms with Gasteiger partial charge in [0.15, 0.2) is 0 Å². The highest BCUT2D eigenvalue weighted by Gasteiger charge is 2.12. The van der Waals surface area contributed by atoms with Crippen LogP contribution in [-0.4, -0.2) is 41.0 Å². The van der Waals surface area contributed by atoms with Crippen molar-refractivity contribution >= 4 is 11.0 Å². The fourth-order valence-electron chi connectivity index (χ4n) is 2.62. The van der Waals surface area contributed by atoms with Gasteiger partial charge in [-0.1, -0.05) is 0 Å². The van der Waals surface area contributed by atoms with Crippen molar-refractivity contribution in [1.29, 1.82) is 0 Å². The molecule has 20 heavy (non-hydrogen) atoms. The summed E-state index contributed by atoms with van der Waals surface area (Å²) in [6, 6.07) is 2.02. The van der Waals surface area contributed by atoms with Gasteiger partial charge in [-0.05, 0) is 31.0 Å². The summed E-state index contributed by atoms with van der Waals surface area (Å²) in [5, 5.41) is 1.60. The standard InChI is InChI=1S/C15H20N4O/c1-10-11(2)15(20)18-13-7-12(8-17-14(10)13)9-19-5-3-16-4-6-19/h7-8,16H,3-6,9H2,1-2H3,(H,18,20)/i/hD. The Labute approximate surface area is 119 Å². The Bertz CT molecular complexity index is 719. The molecule has 106 valence electrons. The molecular formula is C15H20N4O. The lowest BCUT2D eigenvalue weighted by atomic mass is 10.1. The zero-order valence-electron chi connectivity index (χ0n) is 12.9. The van der Waals surface area contributed by atoms with Crippen LogP contribution in [0.5, 0.6) is 0 Å². The second kappa shape index (κ2) is 5.34. The van der Waals surface area contributed by atoms with Crippen LogP contribution < -0.4 is 10.9 Å². The number of hydrogen-bond donors (Lipinski definition) is 2. The van der Waals surface area contributed by atoms with Crippen LogP contribution in [0.3, 0.4) is 0 Å². The zero-order chi connectivity index (χ0) is 15.0. The Morgan fingerprint density at radius 3 is 2.85 bits per heavy atom. The van der Waals surface area contributed by atoms with Crippen molar-refractivity contribution in [2.24, 2.45) is 0 Å². The van der Waals surface area contributed by atoms with E-state index in [1.165, 1.54) is 0 Å². The third-order valence-electron chi connectivity index (χ3n) is 4.01. The SMILES string of the molecule is [2H]N1CCN(Cc2cnc3c(C)c(C)c(=O)[nH]c3c2)CC1. The first-order valence-electron chi connectivity index (χ1n) is 7.43. The van der Waals surface area contributed by atoms with Crippen LogP contribution in [-0.2, 0) is 6.54 Å². The number of rotatable bonds is 2. The summed E-state index contributed by atoms with van der Waals surface area (Å²) in [6.45, 7) is 7.91. The molecule has 5 heteroatoms. The van der Waals surface area contributed by atoms with Crippen LogP contribution in [0.1, 0.15) is 16.7 Å². The van der Waals surface area contributed by atoms with Crippen LogP contribution in [0.4, 0.5) is 0 Å². The molecule has 1 fully saturated rings. The molecule has 0 atom stereocenters. The topological polar surface area (TPSA) is 61.0 Å². The molecule has 0 unspecified atom stereocenters. The largest absolute Gasteiger partial charge is 0.320 e. The quantitative estimate of drug-likeness (QED) is 0.855. The third-order valence-corrected chi connectivity index (χ3v) is 4.01. The van der Waals surface area contributed by atoms with E-state index in [1.807, 2.05) is 26.1 Å². The summed E-state index contributed by atoms with van der Waals surface area (Å²) in [4.78, 5) is 21.6. The first-order chi connectivity index (χ1) is 10.0. The lowest BCUT2D eigenvalue weighted by molar-refractivity contribution is 0.233. The summed E-state index contributed by atoms with van der Waals surface area (Å²) in [5.41, 5.74) is 4.41. The van der Waals surface area contributed by atoms with Gasteiger partial charge in [-0.25, -0.2) is 0 Å². The van der Waals surface area contributed by atoms with Gasteiger partial charge in [0.25, 0.3) is 5.56 Å². The summed E-state index contributed by atoms with van der Waals surface area (Å²) < 4.78 is 7.57. The Balaban J connectivity index is 1.88. The van der Waals surface area contributed by atoms with Crippen LogP contribution in [0.25, 0.3) is 11.0 Å². The minimum atomic E-state index is -0.0400. The van der Waals surface area contributed by atoms with Crippen molar-refractivity contribution in [2.75, 3.05) is 26.2 Å². The summed E-state index contributed by atoms with van der Waals surface area (Å²) in [6.07, 6.45) is 1.89. The minimum absolute atomic E-state index is 0.0400. The number of nitrogens with one attached hydrogen (secondary N) is 2. The molecule has 0 radical (unpaired) electrons. The molecule has 2 aromatic rings. The van der Waals surface area contributed by atoms with Crippen LogP contribution >= 0.6 is 0 Å². The van der Waals surface area contributed by atoms with Crippen molar-refractivity contribution in [3.8, 4) is 0 Å². The number of H-pyrrole nitrogens is 1. The number of piperazine rings is 1. The van der Waals surface area contributed by atoms with E-state index in [2.05, 4.69) is 14.9 Å². The minimum Gasteiger partial charge on any atom is -0.320 e. The highest BCUT2D eigenvalue weighted by molar-refractivity contribution is 5.78. The summed E-state index contributed by atoms with van der Waals surface area (Å²) in [5.74, 6) is 0. The molecule has 3 rings (SSSR count). The number of hydrogen-bond acceptors (Lipinski definition) is 4. The second-order valence-electron chi connectivity index (χ2n) is 5.39. The van der Waals surface area contributed by atoms with Crippen LogP contribution in [0.15, 0.2) is 17.1 Å². The molecule has 3 heterocycles. The fraction of sp³-hybridized carbons (Fsp3) is 0.467. The van der Waals surface area contributed by atoms with Crippen molar-refractivity contribution in [3.05, 3.63) is 39.3 Å². The van der Waals surface area contributed by atoms with E-state index < -0.39 is 0 Å². The lowest BCUT2D eigenvalue weighted by Gasteiger charge is -2.27. The molecule has 1 aliphatic heterocycles. The normalized spacial score (nSPS) is 18.4.